The highest BCUT2D eigenvalue weighted by molar-refractivity contribution is 5.85. The van der Waals surface area contributed by atoms with Crippen LogP contribution in [0, 0.1) is 0 Å². The van der Waals surface area contributed by atoms with Gasteiger partial charge in [0.2, 0.25) is 5.91 Å². The summed E-state index contributed by atoms with van der Waals surface area (Å²) in [5, 5.41) is 0. The molecule has 1 aromatic carbocycles. The van der Waals surface area contributed by atoms with Gasteiger partial charge in [-0.15, -0.1) is 24.8 Å². The molecule has 1 amide bonds. The molecule has 0 saturated carbocycles. The van der Waals surface area contributed by atoms with Gasteiger partial charge in [0.1, 0.15) is 0 Å². The summed E-state index contributed by atoms with van der Waals surface area (Å²) in [7, 11) is 0. The van der Waals surface area contributed by atoms with Crippen LogP contribution >= 0.6 is 24.8 Å². The Bertz CT molecular complexity index is 456. The third-order valence-corrected chi connectivity index (χ3v) is 4.18. The predicted molar refractivity (Wildman–Crippen MR) is 100 cm³/mol. The van der Waals surface area contributed by atoms with Crippen LogP contribution in [-0.2, 0) is 11.3 Å². The zero-order valence-corrected chi connectivity index (χ0v) is 15.6. The number of hydrogen-bond acceptors (Lipinski definition) is 3. The summed E-state index contributed by atoms with van der Waals surface area (Å²) in [5.41, 5.74) is 7.07. The molecule has 2 rings (SSSR count). The lowest BCUT2D eigenvalue weighted by Gasteiger charge is -2.26. The van der Waals surface area contributed by atoms with Crippen LogP contribution in [0.1, 0.15) is 32.3 Å². The summed E-state index contributed by atoms with van der Waals surface area (Å²) < 4.78 is 0. The van der Waals surface area contributed by atoms with E-state index in [-0.39, 0.29) is 36.8 Å². The maximum absolute atomic E-state index is 12.2. The Morgan fingerprint density at radius 2 is 1.87 bits per heavy atom. The first-order valence-electron chi connectivity index (χ1n) is 7.87. The SMILES string of the molecule is CC(N)CC(=O)N1CCC(C)N(Cc2ccccc2)CC1.Cl.Cl. The molecular formula is C17H29Cl2N3O. The highest BCUT2D eigenvalue weighted by atomic mass is 35.5. The van der Waals surface area contributed by atoms with E-state index in [1.54, 1.807) is 0 Å². The van der Waals surface area contributed by atoms with E-state index in [9.17, 15) is 4.79 Å². The Labute approximate surface area is 152 Å². The van der Waals surface area contributed by atoms with Gasteiger partial charge in [0.15, 0.2) is 0 Å². The topological polar surface area (TPSA) is 49.6 Å². The van der Waals surface area contributed by atoms with E-state index in [0.29, 0.717) is 12.5 Å². The van der Waals surface area contributed by atoms with Gasteiger partial charge in [0, 0.05) is 44.7 Å². The van der Waals surface area contributed by atoms with E-state index in [4.69, 9.17) is 5.73 Å². The van der Waals surface area contributed by atoms with Crippen molar-refractivity contribution in [2.45, 2.75) is 45.3 Å². The Kier molecular flexibility index (Phi) is 10.5. The van der Waals surface area contributed by atoms with E-state index in [1.165, 1.54) is 5.56 Å². The van der Waals surface area contributed by atoms with Crippen molar-refractivity contribution in [3.63, 3.8) is 0 Å². The lowest BCUT2D eigenvalue weighted by molar-refractivity contribution is -0.131. The quantitative estimate of drug-likeness (QED) is 0.896. The fourth-order valence-electron chi connectivity index (χ4n) is 2.81. The second-order valence-electron chi connectivity index (χ2n) is 6.16. The standard InChI is InChI=1S/C17H27N3O.2ClH/c1-14(18)12-17(21)19-9-8-15(2)20(11-10-19)13-16-6-4-3-5-7-16;;/h3-7,14-15H,8-13,18H2,1-2H3;2*1H. The number of nitrogens with zero attached hydrogens (tertiary/aromatic N) is 2. The maximum atomic E-state index is 12.2. The monoisotopic (exact) mass is 361 g/mol. The Morgan fingerprint density at radius 1 is 1.22 bits per heavy atom. The molecular weight excluding hydrogens is 333 g/mol. The first-order chi connectivity index (χ1) is 10.1. The molecule has 4 nitrogen and oxygen atoms in total. The van der Waals surface area contributed by atoms with Crippen LogP contribution in [0.4, 0.5) is 0 Å². The molecule has 1 aliphatic heterocycles. The molecule has 0 spiro atoms. The number of carbonyl (C=O) groups is 1. The fraction of sp³-hybridized carbons (Fsp3) is 0.588. The van der Waals surface area contributed by atoms with Crippen LogP contribution < -0.4 is 5.73 Å². The molecule has 23 heavy (non-hydrogen) atoms. The highest BCUT2D eigenvalue weighted by Crippen LogP contribution is 2.15. The third kappa shape index (κ3) is 7.08. The average molecular weight is 362 g/mol. The number of hydrogen-bond donors (Lipinski definition) is 1. The Hall–Kier alpha value is -0.810. The first kappa shape index (κ1) is 22.2. The van der Waals surface area contributed by atoms with Crippen LogP contribution in [0.2, 0.25) is 0 Å². The van der Waals surface area contributed by atoms with E-state index in [1.807, 2.05) is 17.9 Å². The summed E-state index contributed by atoms with van der Waals surface area (Å²) in [5.74, 6) is 0.193. The van der Waals surface area contributed by atoms with Gasteiger partial charge >= 0.3 is 0 Å². The van der Waals surface area contributed by atoms with E-state index >= 15 is 0 Å². The summed E-state index contributed by atoms with van der Waals surface area (Å²) >= 11 is 0. The minimum atomic E-state index is -0.0569. The molecule has 1 aliphatic rings. The van der Waals surface area contributed by atoms with Gasteiger partial charge in [-0.3, -0.25) is 9.69 Å². The molecule has 2 N–H and O–H groups in total. The molecule has 0 aromatic heterocycles. The molecule has 1 fully saturated rings. The van der Waals surface area contributed by atoms with Crippen molar-refractivity contribution in [2.24, 2.45) is 5.73 Å². The molecule has 6 heteroatoms. The van der Waals surface area contributed by atoms with Crippen LogP contribution in [0.15, 0.2) is 30.3 Å². The smallest absolute Gasteiger partial charge is 0.224 e. The number of amides is 1. The van der Waals surface area contributed by atoms with E-state index < -0.39 is 0 Å². The van der Waals surface area contributed by atoms with Gasteiger partial charge in [0.25, 0.3) is 0 Å². The molecule has 132 valence electrons. The van der Waals surface area contributed by atoms with Crippen molar-refractivity contribution < 1.29 is 4.79 Å². The first-order valence-corrected chi connectivity index (χ1v) is 7.87. The largest absolute Gasteiger partial charge is 0.341 e. The Morgan fingerprint density at radius 3 is 2.48 bits per heavy atom. The summed E-state index contributed by atoms with van der Waals surface area (Å²) in [6.07, 6.45) is 1.48. The predicted octanol–water partition coefficient (Wildman–Crippen LogP) is 2.69. The lowest BCUT2D eigenvalue weighted by Crippen LogP contribution is -2.38. The van der Waals surface area contributed by atoms with Gasteiger partial charge < -0.3 is 10.6 Å². The molecule has 1 aromatic rings. The average Bonchev–Trinajstić information content (AvgIpc) is 2.62. The number of nitrogens with two attached hydrogens (primary N) is 1. The fourth-order valence-corrected chi connectivity index (χ4v) is 2.81. The third-order valence-electron chi connectivity index (χ3n) is 4.18. The van der Waals surface area contributed by atoms with Gasteiger partial charge in [-0.1, -0.05) is 30.3 Å². The summed E-state index contributed by atoms with van der Waals surface area (Å²) in [6.45, 7) is 7.68. The molecule has 2 atom stereocenters. The second-order valence-corrected chi connectivity index (χ2v) is 6.16. The van der Waals surface area contributed by atoms with Gasteiger partial charge in [-0.2, -0.15) is 0 Å². The van der Waals surface area contributed by atoms with E-state index in [2.05, 4.69) is 36.1 Å². The van der Waals surface area contributed by atoms with Crippen molar-refractivity contribution in [3.05, 3.63) is 35.9 Å². The van der Waals surface area contributed by atoms with Crippen LogP contribution in [0.25, 0.3) is 0 Å². The van der Waals surface area contributed by atoms with Gasteiger partial charge in [-0.25, -0.2) is 0 Å². The van der Waals surface area contributed by atoms with Crippen LogP contribution in [0.3, 0.4) is 0 Å². The number of halogens is 2. The lowest BCUT2D eigenvalue weighted by atomic mass is 10.1. The highest BCUT2D eigenvalue weighted by Gasteiger charge is 2.23. The van der Waals surface area contributed by atoms with Crippen molar-refractivity contribution in [1.82, 2.24) is 9.80 Å². The van der Waals surface area contributed by atoms with Crippen molar-refractivity contribution in [2.75, 3.05) is 19.6 Å². The molecule has 1 heterocycles. The zero-order valence-electron chi connectivity index (χ0n) is 14.0. The number of rotatable bonds is 4. The van der Waals surface area contributed by atoms with Crippen molar-refractivity contribution in [1.29, 1.82) is 0 Å². The van der Waals surface area contributed by atoms with E-state index in [0.717, 1.165) is 32.6 Å². The number of benzene rings is 1. The number of carbonyl (C=O) groups excluding carboxylic acids is 1. The van der Waals surface area contributed by atoms with Crippen molar-refractivity contribution in [3.8, 4) is 0 Å². The molecule has 1 saturated heterocycles. The minimum Gasteiger partial charge on any atom is -0.341 e. The molecule has 0 bridgehead atoms. The van der Waals surface area contributed by atoms with Gasteiger partial charge in [-0.05, 0) is 25.8 Å². The van der Waals surface area contributed by atoms with Gasteiger partial charge in [0.05, 0.1) is 0 Å². The molecule has 0 radical (unpaired) electrons. The maximum Gasteiger partial charge on any atom is 0.224 e. The second kappa shape index (κ2) is 10.9. The summed E-state index contributed by atoms with van der Waals surface area (Å²) in [4.78, 5) is 16.6. The Balaban J connectivity index is 0.00000242. The van der Waals surface area contributed by atoms with Crippen LogP contribution in [0.5, 0.6) is 0 Å². The minimum absolute atomic E-state index is 0. The van der Waals surface area contributed by atoms with Crippen molar-refractivity contribution >= 4 is 30.7 Å². The molecule has 0 aliphatic carbocycles. The zero-order chi connectivity index (χ0) is 15.2. The normalized spacial score (nSPS) is 20.0. The van der Waals surface area contributed by atoms with Crippen LogP contribution in [-0.4, -0.2) is 47.4 Å². The molecule has 2 unspecified atom stereocenters. The summed E-state index contributed by atoms with van der Waals surface area (Å²) in [6, 6.07) is 11.0.